The van der Waals surface area contributed by atoms with Crippen LogP contribution in [0.3, 0.4) is 0 Å². The van der Waals surface area contributed by atoms with E-state index < -0.39 is 0 Å². The molecule has 2 fully saturated rings. The van der Waals surface area contributed by atoms with Gasteiger partial charge >= 0.3 is 0 Å². The monoisotopic (exact) mass is 250 g/mol. The van der Waals surface area contributed by atoms with Gasteiger partial charge in [-0.25, -0.2) is 9.67 Å². The Labute approximate surface area is 105 Å². The molecule has 1 aromatic heterocycles. The van der Waals surface area contributed by atoms with E-state index in [-0.39, 0.29) is 18.4 Å². The molecule has 2 aliphatic heterocycles. The lowest BCUT2D eigenvalue weighted by atomic mass is 10.1. The van der Waals surface area contributed by atoms with Gasteiger partial charge in [0.2, 0.25) is 11.9 Å². The minimum Gasteiger partial charge on any atom is -0.367 e. The van der Waals surface area contributed by atoms with Crippen LogP contribution in [0.15, 0.2) is 6.33 Å². The van der Waals surface area contributed by atoms with E-state index in [2.05, 4.69) is 20.3 Å². The number of carbonyl (C=O) groups excluding carboxylic acids is 1. The van der Waals surface area contributed by atoms with Gasteiger partial charge in [0, 0.05) is 18.6 Å². The summed E-state index contributed by atoms with van der Waals surface area (Å²) in [5, 5.41) is 7.00. The second-order valence-corrected chi connectivity index (χ2v) is 5.01. The maximum absolute atomic E-state index is 11.9. The molecule has 1 aromatic rings. The molecule has 3 rings (SSSR count). The van der Waals surface area contributed by atoms with E-state index in [4.69, 9.17) is 5.73 Å². The number of fused-ring (bicyclic) bond motifs is 1. The van der Waals surface area contributed by atoms with Gasteiger partial charge in [-0.2, -0.15) is 0 Å². The molecule has 18 heavy (non-hydrogen) atoms. The predicted molar refractivity (Wildman–Crippen MR) is 65.6 cm³/mol. The Bertz CT molecular complexity index is 444. The van der Waals surface area contributed by atoms with Crippen molar-refractivity contribution in [2.75, 3.05) is 18.8 Å². The average molecular weight is 250 g/mol. The summed E-state index contributed by atoms with van der Waals surface area (Å²) in [5.74, 6) is 0.185. The van der Waals surface area contributed by atoms with E-state index in [1.807, 2.05) is 0 Å². The molecule has 0 aromatic carbocycles. The summed E-state index contributed by atoms with van der Waals surface area (Å²) in [7, 11) is 0. The molecule has 0 spiro atoms. The Morgan fingerprint density at radius 1 is 1.50 bits per heavy atom. The van der Waals surface area contributed by atoms with Gasteiger partial charge in [0.05, 0.1) is 0 Å². The first-order chi connectivity index (χ1) is 8.72. The third kappa shape index (κ3) is 2.17. The predicted octanol–water partition coefficient (Wildman–Crippen LogP) is -0.787. The first kappa shape index (κ1) is 11.5. The summed E-state index contributed by atoms with van der Waals surface area (Å²) in [4.78, 5) is 18.2. The highest BCUT2D eigenvalue weighted by Gasteiger charge is 2.37. The van der Waals surface area contributed by atoms with Crippen molar-refractivity contribution >= 4 is 11.9 Å². The van der Waals surface area contributed by atoms with E-state index in [1.165, 1.54) is 30.4 Å². The molecule has 2 unspecified atom stereocenters. The van der Waals surface area contributed by atoms with Gasteiger partial charge in [0.25, 0.3) is 0 Å². The van der Waals surface area contributed by atoms with Gasteiger partial charge in [0.1, 0.15) is 12.9 Å². The van der Waals surface area contributed by atoms with Crippen LogP contribution in [0, 0.1) is 0 Å². The van der Waals surface area contributed by atoms with Gasteiger partial charge < -0.3 is 11.1 Å². The maximum Gasteiger partial charge on any atom is 0.242 e. The lowest BCUT2D eigenvalue weighted by molar-refractivity contribution is -0.122. The van der Waals surface area contributed by atoms with Crippen LogP contribution in [0.25, 0.3) is 0 Å². The summed E-state index contributed by atoms with van der Waals surface area (Å²) in [6, 6.07) is 0.829. The Morgan fingerprint density at radius 2 is 2.39 bits per heavy atom. The molecule has 2 aliphatic rings. The number of carbonyl (C=O) groups is 1. The number of nitrogens with zero attached hydrogens (tertiary/aromatic N) is 4. The molecule has 98 valence electrons. The number of nitrogen functional groups attached to an aromatic ring is 1. The maximum atomic E-state index is 11.9. The number of hydrogen-bond donors (Lipinski definition) is 2. The summed E-state index contributed by atoms with van der Waals surface area (Å²) in [6.45, 7) is 2.47. The standard InChI is InChI=1S/C11H18N6O/c12-11-13-7-17(15-11)6-10(18)14-8-3-5-16-4-1-2-9(8)16/h7-9H,1-6H2,(H2,12,15)(H,14,18). The zero-order valence-electron chi connectivity index (χ0n) is 10.2. The normalized spacial score (nSPS) is 27.3. The fraction of sp³-hybridized carbons (Fsp3) is 0.727. The second-order valence-electron chi connectivity index (χ2n) is 5.01. The van der Waals surface area contributed by atoms with Crippen LogP contribution in [-0.4, -0.2) is 50.7 Å². The molecule has 0 aliphatic carbocycles. The smallest absolute Gasteiger partial charge is 0.242 e. The zero-order valence-corrected chi connectivity index (χ0v) is 10.2. The highest BCUT2D eigenvalue weighted by molar-refractivity contribution is 5.76. The van der Waals surface area contributed by atoms with E-state index in [0.29, 0.717) is 12.1 Å². The third-order valence-corrected chi connectivity index (χ3v) is 3.81. The van der Waals surface area contributed by atoms with E-state index in [9.17, 15) is 4.79 Å². The van der Waals surface area contributed by atoms with Crippen LogP contribution in [0.2, 0.25) is 0 Å². The Kier molecular flexibility index (Phi) is 2.91. The highest BCUT2D eigenvalue weighted by Crippen LogP contribution is 2.27. The number of nitrogens with one attached hydrogen (secondary N) is 1. The number of amides is 1. The van der Waals surface area contributed by atoms with Gasteiger partial charge in [-0.15, -0.1) is 5.10 Å². The molecule has 0 radical (unpaired) electrons. The van der Waals surface area contributed by atoms with E-state index in [1.54, 1.807) is 0 Å². The number of anilines is 1. The van der Waals surface area contributed by atoms with Gasteiger partial charge in [-0.3, -0.25) is 9.69 Å². The van der Waals surface area contributed by atoms with Crippen molar-refractivity contribution in [2.24, 2.45) is 0 Å². The molecule has 7 heteroatoms. The fourth-order valence-corrected chi connectivity index (χ4v) is 3.04. The number of rotatable bonds is 3. The first-order valence-electron chi connectivity index (χ1n) is 6.41. The van der Waals surface area contributed by atoms with E-state index >= 15 is 0 Å². The molecular weight excluding hydrogens is 232 g/mol. The highest BCUT2D eigenvalue weighted by atomic mass is 16.2. The summed E-state index contributed by atoms with van der Waals surface area (Å²) in [6.07, 6.45) is 4.97. The molecule has 3 N–H and O–H groups in total. The summed E-state index contributed by atoms with van der Waals surface area (Å²) in [5.41, 5.74) is 5.41. The Hall–Kier alpha value is -1.63. The molecule has 0 saturated carbocycles. The first-order valence-corrected chi connectivity index (χ1v) is 6.41. The minimum absolute atomic E-state index is 0.0151. The molecule has 3 heterocycles. The van der Waals surface area contributed by atoms with Crippen LogP contribution in [-0.2, 0) is 11.3 Å². The van der Waals surface area contributed by atoms with Crippen molar-refractivity contribution < 1.29 is 4.79 Å². The van der Waals surface area contributed by atoms with Gasteiger partial charge in [-0.1, -0.05) is 0 Å². The van der Waals surface area contributed by atoms with Crippen LogP contribution >= 0.6 is 0 Å². The SMILES string of the molecule is Nc1ncn(CC(=O)NC2CCN3CCCC23)n1. The Balaban J connectivity index is 1.55. The topological polar surface area (TPSA) is 89.1 Å². The van der Waals surface area contributed by atoms with Gasteiger partial charge in [0.15, 0.2) is 0 Å². The molecule has 1 amide bonds. The Morgan fingerprint density at radius 3 is 3.17 bits per heavy atom. The van der Waals surface area contributed by atoms with Gasteiger partial charge in [-0.05, 0) is 25.8 Å². The summed E-state index contributed by atoms with van der Waals surface area (Å²) < 4.78 is 1.46. The second kappa shape index (κ2) is 4.56. The third-order valence-electron chi connectivity index (χ3n) is 3.81. The van der Waals surface area contributed by atoms with Crippen molar-refractivity contribution in [2.45, 2.75) is 37.9 Å². The number of nitrogens with two attached hydrogens (primary N) is 1. The van der Waals surface area contributed by atoms with Crippen molar-refractivity contribution in [3.05, 3.63) is 6.33 Å². The van der Waals surface area contributed by atoms with Crippen LogP contribution < -0.4 is 11.1 Å². The molecule has 7 nitrogen and oxygen atoms in total. The van der Waals surface area contributed by atoms with Crippen LogP contribution in [0.5, 0.6) is 0 Å². The quantitative estimate of drug-likeness (QED) is 0.734. The summed E-state index contributed by atoms with van der Waals surface area (Å²) >= 11 is 0. The molecular formula is C11H18N6O. The van der Waals surface area contributed by atoms with Crippen LogP contribution in [0.4, 0.5) is 5.95 Å². The fourth-order valence-electron chi connectivity index (χ4n) is 3.04. The minimum atomic E-state index is -0.0151. The van der Waals surface area contributed by atoms with E-state index in [0.717, 1.165) is 13.0 Å². The number of aromatic nitrogens is 3. The van der Waals surface area contributed by atoms with Crippen molar-refractivity contribution in [1.82, 2.24) is 25.0 Å². The number of hydrogen-bond acceptors (Lipinski definition) is 5. The molecule has 0 bridgehead atoms. The molecule has 2 saturated heterocycles. The lowest BCUT2D eigenvalue weighted by Gasteiger charge is -2.21. The van der Waals surface area contributed by atoms with Crippen LogP contribution in [0.1, 0.15) is 19.3 Å². The largest absolute Gasteiger partial charge is 0.367 e. The zero-order chi connectivity index (χ0) is 12.5. The van der Waals surface area contributed by atoms with Crippen molar-refractivity contribution in [3.63, 3.8) is 0 Å². The molecule has 2 atom stereocenters. The van der Waals surface area contributed by atoms with Crippen molar-refractivity contribution in [3.8, 4) is 0 Å². The van der Waals surface area contributed by atoms with Crippen molar-refractivity contribution in [1.29, 1.82) is 0 Å². The average Bonchev–Trinajstić information content (AvgIpc) is 2.98. The lowest BCUT2D eigenvalue weighted by Crippen LogP contribution is -2.43.